The molecule has 0 radical (unpaired) electrons. The van der Waals surface area contributed by atoms with Crippen molar-refractivity contribution in [1.29, 1.82) is 0 Å². The summed E-state index contributed by atoms with van der Waals surface area (Å²) in [4.78, 5) is 22.6. The molecule has 0 aliphatic carbocycles. The van der Waals surface area contributed by atoms with E-state index in [2.05, 4.69) is 0 Å². The second kappa shape index (κ2) is 5.17. The van der Waals surface area contributed by atoms with Gasteiger partial charge < -0.3 is 9.69 Å². The van der Waals surface area contributed by atoms with Gasteiger partial charge in [-0.2, -0.15) is 0 Å². The molecule has 1 atom stereocenters. The molecule has 1 aromatic carbocycles. The first-order chi connectivity index (χ1) is 6.77. The molecule has 0 saturated heterocycles. The van der Waals surface area contributed by atoms with Crippen molar-refractivity contribution in [1.82, 2.24) is 4.90 Å². The Morgan fingerprint density at radius 2 is 1.93 bits per heavy atom. The predicted octanol–water partition coefficient (Wildman–Crippen LogP) is 1.23. The van der Waals surface area contributed by atoms with Crippen molar-refractivity contribution in [3.63, 3.8) is 0 Å². The first-order valence-electron chi connectivity index (χ1n) is 4.48. The summed E-state index contributed by atoms with van der Waals surface area (Å²) in [6, 6.07) is 9.21. The summed E-state index contributed by atoms with van der Waals surface area (Å²) < 4.78 is 0. The number of carbonyl (C=O) groups is 2. The van der Waals surface area contributed by atoms with Crippen LogP contribution in [0.2, 0.25) is 0 Å². The van der Waals surface area contributed by atoms with E-state index in [-0.39, 0.29) is 6.04 Å². The molecular weight excluding hydrogens is 178 g/mol. The fourth-order valence-electron chi connectivity index (χ4n) is 1.15. The highest BCUT2D eigenvalue weighted by molar-refractivity contribution is 5.63. The van der Waals surface area contributed by atoms with Gasteiger partial charge in [-0.15, -0.1) is 0 Å². The molecule has 0 fully saturated rings. The third-order valence-electron chi connectivity index (χ3n) is 2.06. The average Bonchev–Trinajstić information content (AvgIpc) is 2.26. The molecule has 0 N–H and O–H groups in total. The van der Waals surface area contributed by atoms with Crippen LogP contribution in [0, 0.1) is 0 Å². The highest BCUT2D eigenvalue weighted by Gasteiger charge is 2.09. The third-order valence-corrected chi connectivity index (χ3v) is 2.06. The SMILES string of the molecule is CC(C=O)N(C=O)Cc1ccccc1. The third kappa shape index (κ3) is 2.69. The van der Waals surface area contributed by atoms with Crippen LogP contribution >= 0.6 is 0 Å². The van der Waals surface area contributed by atoms with Gasteiger partial charge in [-0.05, 0) is 12.5 Å². The van der Waals surface area contributed by atoms with E-state index in [1.807, 2.05) is 30.3 Å². The maximum absolute atomic E-state index is 10.7. The maximum Gasteiger partial charge on any atom is 0.210 e. The summed E-state index contributed by atoms with van der Waals surface area (Å²) in [6.45, 7) is 2.18. The molecule has 1 rings (SSSR count). The number of hydrogen-bond donors (Lipinski definition) is 0. The number of benzene rings is 1. The lowest BCUT2D eigenvalue weighted by Crippen LogP contribution is -2.32. The van der Waals surface area contributed by atoms with Gasteiger partial charge in [-0.25, -0.2) is 0 Å². The molecule has 0 heterocycles. The van der Waals surface area contributed by atoms with E-state index in [9.17, 15) is 9.59 Å². The lowest BCUT2D eigenvalue weighted by atomic mass is 10.2. The molecule has 14 heavy (non-hydrogen) atoms. The quantitative estimate of drug-likeness (QED) is 0.656. The second-order valence-corrected chi connectivity index (χ2v) is 3.14. The lowest BCUT2D eigenvalue weighted by molar-refractivity contribution is -0.125. The van der Waals surface area contributed by atoms with Gasteiger partial charge >= 0.3 is 0 Å². The summed E-state index contributed by atoms with van der Waals surface area (Å²) in [5.41, 5.74) is 1.02. The van der Waals surface area contributed by atoms with Crippen LogP contribution in [0.4, 0.5) is 0 Å². The first kappa shape index (κ1) is 10.4. The fourth-order valence-corrected chi connectivity index (χ4v) is 1.15. The number of hydrogen-bond acceptors (Lipinski definition) is 2. The summed E-state index contributed by atoms with van der Waals surface area (Å²) in [5, 5.41) is 0. The Hall–Kier alpha value is -1.64. The standard InChI is InChI=1S/C11H13NO2/c1-10(8-13)12(9-14)7-11-5-3-2-4-6-11/h2-6,8-10H,7H2,1H3. The molecule has 1 aromatic rings. The Kier molecular flexibility index (Phi) is 3.85. The van der Waals surface area contributed by atoms with Crippen LogP contribution in [0.1, 0.15) is 12.5 Å². The minimum absolute atomic E-state index is 0.368. The second-order valence-electron chi connectivity index (χ2n) is 3.14. The van der Waals surface area contributed by atoms with Crippen LogP contribution < -0.4 is 0 Å². The van der Waals surface area contributed by atoms with Gasteiger partial charge in [0.2, 0.25) is 6.41 Å². The molecule has 0 aliphatic rings. The predicted molar refractivity (Wildman–Crippen MR) is 53.6 cm³/mol. The largest absolute Gasteiger partial charge is 0.331 e. The van der Waals surface area contributed by atoms with E-state index < -0.39 is 0 Å². The van der Waals surface area contributed by atoms with Crippen LogP contribution in [-0.4, -0.2) is 23.6 Å². The zero-order valence-corrected chi connectivity index (χ0v) is 8.09. The summed E-state index contributed by atoms with van der Waals surface area (Å²) in [5.74, 6) is 0. The topological polar surface area (TPSA) is 37.4 Å². The minimum atomic E-state index is -0.368. The van der Waals surface area contributed by atoms with E-state index in [0.29, 0.717) is 13.0 Å². The number of rotatable bonds is 5. The Morgan fingerprint density at radius 3 is 2.43 bits per heavy atom. The van der Waals surface area contributed by atoms with Crippen LogP contribution in [0.15, 0.2) is 30.3 Å². The highest BCUT2D eigenvalue weighted by Crippen LogP contribution is 2.04. The van der Waals surface area contributed by atoms with Crippen molar-refractivity contribution in [3.8, 4) is 0 Å². The summed E-state index contributed by atoms with van der Waals surface area (Å²) in [7, 11) is 0. The van der Waals surface area contributed by atoms with E-state index in [1.54, 1.807) is 6.92 Å². The molecule has 0 saturated carbocycles. The zero-order valence-electron chi connectivity index (χ0n) is 8.09. The Morgan fingerprint density at radius 1 is 1.29 bits per heavy atom. The molecule has 0 bridgehead atoms. The van der Waals surface area contributed by atoms with Crippen molar-refractivity contribution in [3.05, 3.63) is 35.9 Å². The highest BCUT2D eigenvalue weighted by atomic mass is 16.1. The molecular formula is C11H13NO2. The smallest absolute Gasteiger partial charge is 0.210 e. The lowest BCUT2D eigenvalue weighted by Gasteiger charge is -2.20. The normalized spacial score (nSPS) is 11.8. The Labute approximate surface area is 83.3 Å². The number of amides is 1. The summed E-state index contributed by atoms with van der Waals surface area (Å²) >= 11 is 0. The fraction of sp³-hybridized carbons (Fsp3) is 0.273. The van der Waals surface area contributed by atoms with E-state index in [4.69, 9.17) is 0 Å². The molecule has 0 aromatic heterocycles. The number of aldehydes is 1. The molecule has 1 amide bonds. The van der Waals surface area contributed by atoms with Crippen molar-refractivity contribution in [2.24, 2.45) is 0 Å². The summed E-state index contributed by atoms with van der Waals surface area (Å²) in [6.07, 6.45) is 1.46. The van der Waals surface area contributed by atoms with Crippen molar-refractivity contribution < 1.29 is 9.59 Å². The molecule has 3 heteroatoms. The van der Waals surface area contributed by atoms with Crippen LogP contribution in [0.5, 0.6) is 0 Å². The monoisotopic (exact) mass is 191 g/mol. The first-order valence-corrected chi connectivity index (χ1v) is 4.48. The van der Waals surface area contributed by atoms with Crippen LogP contribution in [-0.2, 0) is 16.1 Å². The van der Waals surface area contributed by atoms with Gasteiger partial charge in [-0.3, -0.25) is 4.79 Å². The Balaban J connectivity index is 2.66. The van der Waals surface area contributed by atoms with Crippen molar-refractivity contribution in [2.45, 2.75) is 19.5 Å². The van der Waals surface area contributed by atoms with Crippen molar-refractivity contribution in [2.75, 3.05) is 0 Å². The van der Waals surface area contributed by atoms with Gasteiger partial charge in [0.15, 0.2) is 0 Å². The number of nitrogens with zero attached hydrogens (tertiary/aromatic N) is 1. The molecule has 1 unspecified atom stereocenters. The molecule has 0 spiro atoms. The van der Waals surface area contributed by atoms with Crippen molar-refractivity contribution >= 4 is 12.7 Å². The van der Waals surface area contributed by atoms with Gasteiger partial charge in [0, 0.05) is 6.54 Å². The molecule has 74 valence electrons. The van der Waals surface area contributed by atoms with Gasteiger partial charge in [-0.1, -0.05) is 30.3 Å². The Bertz CT molecular complexity index is 297. The van der Waals surface area contributed by atoms with Gasteiger partial charge in [0.1, 0.15) is 6.29 Å². The van der Waals surface area contributed by atoms with E-state index >= 15 is 0 Å². The van der Waals surface area contributed by atoms with Crippen LogP contribution in [0.25, 0.3) is 0 Å². The molecule has 3 nitrogen and oxygen atoms in total. The minimum Gasteiger partial charge on any atom is -0.331 e. The van der Waals surface area contributed by atoms with Crippen LogP contribution in [0.3, 0.4) is 0 Å². The van der Waals surface area contributed by atoms with E-state index in [1.165, 1.54) is 4.90 Å². The zero-order chi connectivity index (χ0) is 10.4. The maximum atomic E-state index is 10.7. The number of carbonyl (C=O) groups excluding carboxylic acids is 2. The molecule has 0 aliphatic heterocycles. The average molecular weight is 191 g/mol. The van der Waals surface area contributed by atoms with E-state index in [0.717, 1.165) is 11.8 Å². The van der Waals surface area contributed by atoms with Gasteiger partial charge in [0.25, 0.3) is 0 Å². The van der Waals surface area contributed by atoms with Gasteiger partial charge in [0.05, 0.1) is 6.04 Å².